The van der Waals surface area contributed by atoms with Crippen LogP contribution in [0.5, 0.6) is 5.75 Å². The predicted octanol–water partition coefficient (Wildman–Crippen LogP) is 4.98. The summed E-state index contributed by atoms with van der Waals surface area (Å²) in [5, 5.41) is 2.22. The molecular formula is C24H23ClN2O6S. The average molecular weight is 503 g/mol. The van der Waals surface area contributed by atoms with Crippen LogP contribution < -0.4 is 10.1 Å². The van der Waals surface area contributed by atoms with Crippen molar-refractivity contribution in [2.24, 2.45) is 0 Å². The summed E-state index contributed by atoms with van der Waals surface area (Å²) < 4.78 is 10.3. The minimum atomic E-state index is -0.599. The maximum Gasteiger partial charge on any atom is 0.339 e. The standard InChI is InChI=1S/C24H23ClN2O6S/c1-3-4-10-33-23(30)18-13-16(8-9-19(18)25)26-21(28)14-27-22(29)20(34-24(27)31)12-15-6-5-7-17(11-15)32-2/h5-9,11-13H,3-4,10,14H2,1-2H3,(H,26,28)/b20-12+. The number of carbonyl (C=O) groups excluding carboxylic acids is 4. The molecule has 0 spiro atoms. The Labute approximate surface area is 206 Å². The number of methoxy groups -OCH3 is 1. The fourth-order valence-corrected chi connectivity index (χ4v) is 4.04. The fourth-order valence-electron chi connectivity index (χ4n) is 3.01. The van der Waals surface area contributed by atoms with Crippen molar-refractivity contribution < 1.29 is 28.7 Å². The van der Waals surface area contributed by atoms with Gasteiger partial charge >= 0.3 is 5.97 Å². The Morgan fingerprint density at radius 2 is 1.97 bits per heavy atom. The van der Waals surface area contributed by atoms with E-state index in [-0.39, 0.29) is 27.8 Å². The molecule has 2 aromatic rings. The number of nitrogens with one attached hydrogen (secondary N) is 1. The Hall–Kier alpha value is -3.30. The summed E-state index contributed by atoms with van der Waals surface area (Å²) in [5.74, 6) is -1.14. The summed E-state index contributed by atoms with van der Waals surface area (Å²) in [7, 11) is 1.53. The lowest BCUT2D eigenvalue weighted by molar-refractivity contribution is -0.127. The summed E-state index contributed by atoms with van der Waals surface area (Å²) in [6.45, 7) is 1.77. The van der Waals surface area contributed by atoms with E-state index in [0.29, 0.717) is 11.3 Å². The Bertz CT molecular complexity index is 1150. The summed E-state index contributed by atoms with van der Waals surface area (Å²) in [6, 6.07) is 11.4. The molecule has 1 fully saturated rings. The van der Waals surface area contributed by atoms with E-state index in [4.69, 9.17) is 21.1 Å². The second kappa shape index (κ2) is 11.7. The van der Waals surface area contributed by atoms with Crippen molar-refractivity contribution in [2.75, 3.05) is 25.6 Å². The lowest BCUT2D eigenvalue weighted by Gasteiger charge is -2.13. The van der Waals surface area contributed by atoms with Crippen LogP contribution >= 0.6 is 23.4 Å². The maximum absolute atomic E-state index is 12.7. The highest BCUT2D eigenvalue weighted by Crippen LogP contribution is 2.32. The van der Waals surface area contributed by atoms with Crippen molar-refractivity contribution in [2.45, 2.75) is 19.8 Å². The molecule has 1 aliphatic rings. The van der Waals surface area contributed by atoms with Crippen molar-refractivity contribution in [1.29, 1.82) is 0 Å². The summed E-state index contributed by atoms with van der Waals surface area (Å²) in [5.41, 5.74) is 1.09. The van der Waals surface area contributed by atoms with Crippen LogP contribution in [0.15, 0.2) is 47.4 Å². The topological polar surface area (TPSA) is 102 Å². The molecule has 34 heavy (non-hydrogen) atoms. The third-order valence-electron chi connectivity index (χ3n) is 4.77. The first-order chi connectivity index (χ1) is 16.3. The van der Waals surface area contributed by atoms with Crippen LogP contribution in [-0.2, 0) is 14.3 Å². The van der Waals surface area contributed by atoms with Gasteiger partial charge in [0.05, 0.1) is 29.2 Å². The van der Waals surface area contributed by atoms with Crippen LogP contribution in [0.3, 0.4) is 0 Å². The first-order valence-electron chi connectivity index (χ1n) is 10.5. The number of imide groups is 1. The van der Waals surface area contributed by atoms with Gasteiger partial charge in [-0.05, 0) is 60.2 Å². The number of nitrogens with zero attached hydrogens (tertiary/aromatic N) is 1. The molecule has 1 aliphatic heterocycles. The number of amides is 3. The Morgan fingerprint density at radius 3 is 2.71 bits per heavy atom. The predicted molar refractivity (Wildman–Crippen MR) is 131 cm³/mol. The van der Waals surface area contributed by atoms with Crippen LogP contribution in [0.4, 0.5) is 10.5 Å². The van der Waals surface area contributed by atoms with Crippen LogP contribution in [0.1, 0.15) is 35.7 Å². The molecule has 3 rings (SSSR count). The number of ether oxygens (including phenoxy) is 2. The van der Waals surface area contributed by atoms with E-state index in [1.54, 1.807) is 30.3 Å². The Kier molecular flexibility index (Phi) is 8.72. The molecule has 0 atom stereocenters. The highest BCUT2D eigenvalue weighted by molar-refractivity contribution is 8.18. The van der Waals surface area contributed by atoms with E-state index in [1.165, 1.54) is 25.3 Å². The van der Waals surface area contributed by atoms with Gasteiger partial charge in [0.15, 0.2) is 0 Å². The van der Waals surface area contributed by atoms with Crippen LogP contribution in [0.2, 0.25) is 5.02 Å². The molecule has 0 unspecified atom stereocenters. The maximum atomic E-state index is 12.7. The van der Waals surface area contributed by atoms with E-state index < -0.39 is 29.6 Å². The van der Waals surface area contributed by atoms with Gasteiger partial charge in [-0.25, -0.2) is 4.79 Å². The molecule has 0 saturated carbocycles. The van der Waals surface area contributed by atoms with Gasteiger partial charge in [0.1, 0.15) is 12.3 Å². The zero-order valence-electron chi connectivity index (χ0n) is 18.6. The third-order valence-corrected chi connectivity index (χ3v) is 6.00. The zero-order valence-corrected chi connectivity index (χ0v) is 20.2. The number of benzene rings is 2. The SMILES string of the molecule is CCCCOC(=O)c1cc(NC(=O)CN2C(=O)S/C(=C/c3cccc(OC)c3)C2=O)ccc1Cl. The van der Waals surface area contributed by atoms with E-state index >= 15 is 0 Å². The van der Waals surface area contributed by atoms with E-state index in [9.17, 15) is 19.2 Å². The van der Waals surface area contributed by atoms with Gasteiger partial charge in [0.25, 0.3) is 11.1 Å². The van der Waals surface area contributed by atoms with Crippen molar-refractivity contribution >= 4 is 58.1 Å². The van der Waals surface area contributed by atoms with E-state index in [2.05, 4.69) is 5.32 Å². The van der Waals surface area contributed by atoms with Crippen molar-refractivity contribution in [3.05, 3.63) is 63.5 Å². The number of halogens is 1. The monoisotopic (exact) mass is 502 g/mol. The fraction of sp³-hybridized carbons (Fsp3) is 0.250. The molecule has 178 valence electrons. The van der Waals surface area contributed by atoms with Gasteiger partial charge < -0.3 is 14.8 Å². The van der Waals surface area contributed by atoms with Crippen LogP contribution in [-0.4, -0.2) is 48.2 Å². The van der Waals surface area contributed by atoms with Gasteiger partial charge in [-0.1, -0.05) is 37.1 Å². The molecule has 0 radical (unpaired) electrons. The summed E-state index contributed by atoms with van der Waals surface area (Å²) in [6.07, 6.45) is 3.17. The summed E-state index contributed by atoms with van der Waals surface area (Å²) in [4.78, 5) is 50.9. The molecule has 1 saturated heterocycles. The number of esters is 1. The zero-order chi connectivity index (χ0) is 24.7. The van der Waals surface area contributed by atoms with Gasteiger partial charge in [-0.15, -0.1) is 0 Å². The molecule has 0 bridgehead atoms. The van der Waals surface area contributed by atoms with E-state index in [1.807, 2.05) is 6.92 Å². The van der Waals surface area contributed by atoms with Gasteiger partial charge in [0.2, 0.25) is 5.91 Å². The van der Waals surface area contributed by atoms with Gasteiger partial charge in [-0.3, -0.25) is 19.3 Å². The molecule has 3 amide bonds. The van der Waals surface area contributed by atoms with Crippen LogP contribution in [0, 0.1) is 0 Å². The highest BCUT2D eigenvalue weighted by atomic mass is 35.5. The molecule has 0 aromatic heterocycles. The van der Waals surface area contributed by atoms with Crippen molar-refractivity contribution in [3.63, 3.8) is 0 Å². The van der Waals surface area contributed by atoms with E-state index in [0.717, 1.165) is 29.5 Å². The second-order valence-corrected chi connectivity index (χ2v) is 8.68. The largest absolute Gasteiger partial charge is 0.497 e. The average Bonchev–Trinajstić information content (AvgIpc) is 3.07. The molecule has 0 aliphatic carbocycles. The number of hydrogen-bond donors (Lipinski definition) is 1. The van der Waals surface area contributed by atoms with Gasteiger partial charge in [-0.2, -0.15) is 0 Å². The normalized spacial score (nSPS) is 14.4. The number of hydrogen-bond acceptors (Lipinski definition) is 7. The molecule has 1 heterocycles. The number of anilines is 1. The first kappa shape index (κ1) is 25.3. The Balaban J connectivity index is 1.66. The summed E-state index contributed by atoms with van der Waals surface area (Å²) >= 11 is 6.84. The van der Waals surface area contributed by atoms with Crippen LogP contribution in [0.25, 0.3) is 6.08 Å². The van der Waals surface area contributed by atoms with Crippen molar-refractivity contribution in [1.82, 2.24) is 4.90 Å². The van der Waals surface area contributed by atoms with Gasteiger partial charge in [0, 0.05) is 5.69 Å². The lowest BCUT2D eigenvalue weighted by Crippen LogP contribution is -2.36. The third kappa shape index (κ3) is 6.39. The lowest BCUT2D eigenvalue weighted by atomic mass is 10.2. The number of rotatable bonds is 9. The number of carbonyl (C=O) groups is 4. The molecular weight excluding hydrogens is 480 g/mol. The molecule has 1 N–H and O–H groups in total. The number of thioether (sulfide) groups is 1. The highest BCUT2D eigenvalue weighted by Gasteiger charge is 2.36. The molecule has 2 aromatic carbocycles. The number of unbranched alkanes of at least 4 members (excludes halogenated alkanes) is 1. The second-order valence-electron chi connectivity index (χ2n) is 7.28. The minimum Gasteiger partial charge on any atom is -0.497 e. The molecule has 10 heteroatoms. The smallest absolute Gasteiger partial charge is 0.339 e. The minimum absolute atomic E-state index is 0.114. The first-order valence-corrected chi connectivity index (χ1v) is 11.7. The quantitative estimate of drug-likeness (QED) is 0.293. The molecule has 8 nitrogen and oxygen atoms in total. The Morgan fingerprint density at radius 1 is 1.18 bits per heavy atom. The van der Waals surface area contributed by atoms with Crippen molar-refractivity contribution in [3.8, 4) is 5.75 Å².